The highest BCUT2D eigenvalue weighted by Crippen LogP contribution is 2.34. The molecule has 1 aromatic heterocycles. The highest BCUT2D eigenvalue weighted by Gasteiger charge is 2.40. The molecule has 138 valence electrons. The molecule has 0 bridgehead atoms. The van der Waals surface area contributed by atoms with E-state index in [1.54, 1.807) is 18.2 Å². The molecule has 0 aliphatic carbocycles. The maximum Gasteiger partial charge on any atom is 0.247 e. The molecule has 1 fully saturated rings. The van der Waals surface area contributed by atoms with Crippen molar-refractivity contribution in [3.8, 4) is 6.07 Å². The zero-order chi connectivity index (χ0) is 19.4. The normalized spacial score (nSPS) is 16.6. The molecular weight excluding hydrogens is 358 g/mol. The Morgan fingerprint density at radius 2 is 1.96 bits per heavy atom. The van der Waals surface area contributed by atoms with Gasteiger partial charge in [0.1, 0.15) is 11.1 Å². The Bertz CT molecular complexity index is 903. The molecule has 0 saturated carbocycles. The van der Waals surface area contributed by atoms with Gasteiger partial charge in [-0.25, -0.2) is 9.88 Å². The van der Waals surface area contributed by atoms with E-state index in [1.807, 2.05) is 25.1 Å². The van der Waals surface area contributed by atoms with Gasteiger partial charge in [0.25, 0.3) is 0 Å². The summed E-state index contributed by atoms with van der Waals surface area (Å²) in [5.74, 6) is -0.472. The van der Waals surface area contributed by atoms with Crippen molar-refractivity contribution in [3.05, 3.63) is 53.2 Å². The van der Waals surface area contributed by atoms with Gasteiger partial charge in [0, 0.05) is 12.1 Å². The first-order valence-electron chi connectivity index (χ1n) is 9.03. The van der Waals surface area contributed by atoms with Gasteiger partial charge in [0.05, 0.1) is 16.5 Å². The second-order valence-electron chi connectivity index (χ2n) is 6.58. The van der Waals surface area contributed by atoms with Crippen molar-refractivity contribution in [2.45, 2.75) is 49.8 Å². The number of aromatic nitrogens is 1. The van der Waals surface area contributed by atoms with Crippen LogP contribution in [0.1, 0.15) is 43.0 Å². The summed E-state index contributed by atoms with van der Waals surface area (Å²) in [7, 11) is 0. The monoisotopic (exact) mass is 379 g/mol. The van der Waals surface area contributed by atoms with Gasteiger partial charge < -0.3 is 0 Å². The Morgan fingerprint density at radius 3 is 2.63 bits per heavy atom. The molecule has 27 heavy (non-hydrogen) atoms. The van der Waals surface area contributed by atoms with Crippen LogP contribution in [0.4, 0.5) is 5.69 Å². The van der Waals surface area contributed by atoms with E-state index in [0.29, 0.717) is 16.3 Å². The SMILES string of the molecule is CCCCc1ccc(C#N)c(S[C@@H]2CC(=O)N(c3ccc(C)cc3)C2=O)n1. The summed E-state index contributed by atoms with van der Waals surface area (Å²) in [6.45, 7) is 4.07. The Labute approximate surface area is 163 Å². The van der Waals surface area contributed by atoms with Crippen LogP contribution in [0.25, 0.3) is 0 Å². The molecular formula is C21H21N3O2S. The minimum Gasteiger partial charge on any atom is -0.274 e. The Hall–Kier alpha value is -2.65. The smallest absolute Gasteiger partial charge is 0.247 e. The van der Waals surface area contributed by atoms with Crippen molar-refractivity contribution in [2.24, 2.45) is 0 Å². The van der Waals surface area contributed by atoms with E-state index in [9.17, 15) is 14.9 Å². The quantitative estimate of drug-likeness (QED) is 0.709. The number of carbonyl (C=O) groups is 2. The van der Waals surface area contributed by atoms with Crippen molar-refractivity contribution >= 4 is 29.3 Å². The summed E-state index contributed by atoms with van der Waals surface area (Å²) >= 11 is 1.22. The van der Waals surface area contributed by atoms with E-state index in [0.717, 1.165) is 30.5 Å². The molecule has 1 aromatic carbocycles. The van der Waals surface area contributed by atoms with Crippen LogP contribution in [0.15, 0.2) is 41.4 Å². The molecule has 2 aromatic rings. The first-order chi connectivity index (χ1) is 13.0. The van der Waals surface area contributed by atoms with Gasteiger partial charge >= 0.3 is 0 Å². The van der Waals surface area contributed by atoms with Gasteiger partial charge in [-0.3, -0.25) is 9.59 Å². The maximum atomic E-state index is 12.8. The lowest BCUT2D eigenvalue weighted by atomic mass is 10.2. The zero-order valence-corrected chi connectivity index (χ0v) is 16.3. The highest BCUT2D eigenvalue weighted by molar-refractivity contribution is 8.00. The summed E-state index contributed by atoms with van der Waals surface area (Å²) in [5.41, 5.74) is 3.00. The fourth-order valence-corrected chi connectivity index (χ4v) is 4.06. The molecule has 1 saturated heterocycles. The van der Waals surface area contributed by atoms with Crippen LogP contribution < -0.4 is 4.90 Å². The average Bonchev–Trinajstić information content (AvgIpc) is 2.94. The lowest BCUT2D eigenvalue weighted by molar-refractivity contribution is -0.121. The third-order valence-electron chi connectivity index (χ3n) is 4.48. The fourth-order valence-electron chi connectivity index (χ4n) is 2.95. The van der Waals surface area contributed by atoms with E-state index >= 15 is 0 Å². The minimum atomic E-state index is -0.556. The lowest BCUT2D eigenvalue weighted by Crippen LogP contribution is -2.31. The van der Waals surface area contributed by atoms with Gasteiger partial charge in [0.2, 0.25) is 11.8 Å². The number of imide groups is 1. The number of amides is 2. The van der Waals surface area contributed by atoms with E-state index in [2.05, 4.69) is 18.0 Å². The first-order valence-corrected chi connectivity index (χ1v) is 9.91. The number of pyridine rings is 1. The molecule has 0 spiro atoms. The van der Waals surface area contributed by atoms with Crippen molar-refractivity contribution in [1.29, 1.82) is 5.26 Å². The topological polar surface area (TPSA) is 74.1 Å². The highest BCUT2D eigenvalue weighted by atomic mass is 32.2. The number of thioether (sulfide) groups is 1. The number of unbranched alkanes of at least 4 members (excludes halogenated alkanes) is 1. The van der Waals surface area contributed by atoms with Crippen molar-refractivity contribution in [3.63, 3.8) is 0 Å². The van der Waals surface area contributed by atoms with E-state index in [4.69, 9.17) is 0 Å². The summed E-state index contributed by atoms with van der Waals surface area (Å²) in [5, 5.41) is 9.34. The van der Waals surface area contributed by atoms with Gasteiger partial charge in [-0.1, -0.05) is 42.8 Å². The molecule has 1 aliphatic rings. The van der Waals surface area contributed by atoms with Gasteiger partial charge in [-0.2, -0.15) is 5.26 Å². The van der Waals surface area contributed by atoms with Crippen LogP contribution in [0.2, 0.25) is 0 Å². The number of hydrogen-bond acceptors (Lipinski definition) is 5. The number of anilines is 1. The minimum absolute atomic E-state index is 0.114. The van der Waals surface area contributed by atoms with Crippen molar-refractivity contribution in [1.82, 2.24) is 4.98 Å². The number of aryl methyl sites for hydroxylation is 2. The van der Waals surface area contributed by atoms with E-state index < -0.39 is 5.25 Å². The van der Waals surface area contributed by atoms with Crippen LogP contribution in [0.3, 0.4) is 0 Å². The molecule has 0 unspecified atom stereocenters. The molecule has 2 amide bonds. The van der Waals surface area contributed by atoms with Gasteiger partial charge in [-0.15, -0.1) is 0 Å². The Kier molecular flexibility index (Phi) is 5.92. The molecule has 1 atom stereocenters. The molecule has 3 rings (SSSR count). The number of nitriles is 1. The lowest BCUT2D eigenvalue weighted by Gasteiger charge is -2.15. The number of rotatable bonds is 6. The zero-order valence-electron chi connectivity index (χ0n) is 15.4. The van der Waals surface area contributed by atoms with Crippen molar-refractivity contribution in [2.75, 3.05) is 4.90 Å². The summed E-state index contributed by atoms with van der Waals surface area (Å²) in [6, 6.07) is 13.1. The van der Waals surface area contributed by atoms with E-state index in [-0.39, 0.29) is 18.2 Å². The number of carbonyl (C=O) groups excluding carboxylic acids is 2. The van der Waals surface area contributed by atoms with E-state index in [1.165, 1.54) is 16.7 Å². The van der Waals surface area contributed by atoms with Crippen LogP contribution in [0, 0.1) is 18.3 Å². The predicted octanol–water partition coefficient (Wildman–Crippen LogP) is 4.03. The third-order valence-corrected chi connectivity index (χ3v) is 5.66. The third kappa shape index (κ3) is 4.20. The predicted molar refractivity (Wildman–Crippen MR) is 105 cm³/mol. The number of nitrogens with zero attached hydrogens (tertiary/aromatic N) is 3. The maximum absolute atomic E-state index is 12.8. The second kappa shape index (κ2) is 8.36. The van der Waals surface area contributed by atoms with Gasteiger partial charge in [0.15, 0.2) is 0 Å². The van der Waals surface area contributed by atoms with Crippen LogP contribution in [-0.4, -0.2) is 22.0 Å². The van der Waals surface area contributed by atoms with Crippen LogP contribution in [-0.2, 0) is 16.0 Å². The molecule has 0 N–H and O–H groups in total. The van der Waals surface area contributed by atoms with Gasteiger partial charge in [-0.05, 0) is 44.0 Å². The average molecular weight is 379 g/mol. The Morgan fingerprint density at radius 1 is 1.22 bits per heavy atom. The molecule has 1 aliphatic heterocycles. The summed E-state index contributed by atoms with van der Waals surface area (Å²) in [6.07, 6.45) is 3.03. The fraction of sp³-hybridized carbons (Fsp3) is 0.333. The van der Waals surface area contributed by atoms with Crippen molar-refractivity contribution < 1.29 is 9.59 Å². The standard InChI is InChI=1S/C21H21N3O2S/c1-3-4-5-16-9-8-15(13-22)20(23-16)27-18-12-19(25)24(21(18)26)17-10-6-14(2)7-11-17/h6-11,18H,3-5,12H2,1-2H3/t18-/m1/s1. The molecule has 2 heterocycles. The molecule has 5 nitrogen and oxygen atoms in total. The summed E-state index contributed by atoms with van der Waals surface area (Å²) in [4.78, 5) is 31.1. The first kappa shape index (κ1) is 19.1. The largest absolute Gasteiger partial charge is 0.274 e. The molecule has 0 radical (unpaired) electrons. The number of benzene rings is 1. The molecule has 6 heteroatoms. The van der Waals surface area contributed by atoms with Crippen LogP contribution >= 0.6 is 11.8 Å². The second-order valence-corrected chi connectivity index (χ2v) is 7.78. The number of hydrogen-bond donors (Lipinski definition) is 0. The Balaban J connectivity index is 1.82. The van der Waals surface area contributed by atoms with Crippen LogP contribution in [0.5, 0.6) is 0 Å². The summed E-state index contributed by atoms with van der Waals surface area (Å²) < 4.78 is 0.